The highest BCUT2D eigenvalue weighted by Gasteiger charge is 2.27. The van der Waals surface area contributed by atoms with Crippen LogP contribution in [0.15, 0.2) is 24.3 Å². The Morgan fingerprint density at radius 1 is 1.19 bits per heavy atom. The first kappa shape index (κ1) is 18.3. The number of rotatable bonds is 3. The maximum Gasteiger partial charge on any atom is 0.340 e. The molecule has 0 unspecified atom stereocenters. The summed E-state index contributed by atoms with van der Waals surface area (Å²) in [5.41, 5.74) is 2.69. The lowest BCUT2D eigenvalue weighted by Gasteiger charge is -2.35. The SMILES string of the molecule is Cc1nc2ccccc2c(C)c1C(=O)OCC(=O)N1C[C@@H](C)O[C@H](C)C1. The highest BCUT2D eigenvalue weighted by molar-refractivity contribution is 5.99. The topological polar surface area (TPSA) is 68.7 Å². The zero-order valence-electron chi connectivity index (χ0n) is 15.6. The number of aryl methyl sites for hydroxylation is 2. The Morgan fingerprint density at radius 2 is 1.85 bits per heavy atom. The van der Waals surface area contributed by atoms with E-state index in [2.05, 4.69) is 4.98 Å². The van der Waals surface area contributed by atoms with E-state index in [1.807, 2.05) is 45.0 Å². The molecule has 26 heavy (non-hydrogen) atoms. The van der Waals surface area contributed by atoms with Crippen LogP contribution in [-0.2, 0) is 14.3 Å². The summed E-state index contributed by atoms with van der Waals surface area (Å²) >= 11 is 0. The molecule has 2 heterocycles. The number of para-hydroxylation sites is 1. The van der Waals surface area contributed by atoms with Gasteiger partial charge in [-0.05, 0) is 39.3 Å². The Balaban J connectivity index is 1.72. The minimum Gasteiger partial charge on any atom is -0.452 e. The summed E-state index contributed by atoms with van der Waals surface area (Å²) in [6.07, 6.45) is -0.0415. The van der Waals surface area contributed by atoms with Gasteiger partial charge in [0.25, 0.3) is 5.91 Å². The minimum atomic E-state index is -0.513. The van der Waals surface area contributed by atoms with Crippen molar-refractivity contribution >= 4 is 22.8 Å². The molecule has 0 saturated carbocycles. The highest BCUT2D eigenvalue weighted by atomic mass is 16.5. The monoisotopic (exact) mass is 356 g/mol. The van der Waals surface area contributed by atoms with Gasteiger partial charge in [-0.1, -0.05) is 18.2 Å². The molecule has 1 aromatic heterocycles. The fourth-order valence-electron chi connectivity index (χ4n) is 3.50. The van der Waals surface area contributed by atoms with Crippen LogP contribution in [0, 0.1) is 13.8 Å². The first-order valence-corrected chi connectivity index (χ1v) is 8.83. The van der Waals surface area contributed by atoms with E-state index >= 15 is 0 Å². The van der Waals surface area contributed by atoms with Gasteiger partial charge in [0.2, 0.25) is 0 Å². The summed E-state index contributed by atoms with van der Waals surface area (Å²) in [6.45, 7) is 8.26. The van der Waals surface area contributed by atoms with Gasteiger partial charge in [0.05, 0.1) is 29.0 Å². The van der Waals surface area contributed by atoms with E-state index < -0.39 is 5.97 Å². The van der Waals surface area contributed by atoms with Crippen molar-refractivity contribution in [3.8, 4) is 0 Å². The molecule has 1 fully saturated rings. The normalized spacial score (nSPS) is 20.2. The van der Waals surface area contributed by atoms with Crippen LogP contribution < -0.4 is 0 Å². The van der Waals surface area contributed by atoms with E-state index in [0.717, 1.165) is 16.5 Å². The average molecular weight is 356 g/mol. The maximum absolute atomic E-state index is 12.6. The van der Waals surface area contributed by atoms with Crippen LogP contribution >= 0.6 is 0 Å². The number of benzene rings is 1. The molecule has 1 aliphatic heterocycles. The molecule has 1 amide bonds. The van der Waals surface area contributed by atoms with E-state index in [1.54, 1.807) is 11.8 Å². The Labute approximate surface area is 153 Å². The van der Waals surface area contributed by atoms with Gasteiger partial charge in [-0.25, -0.2) is 4.79 Å². The van der Waals surface area contributed by atoms with Gasteiger partial charge in [0, 0.05) is 18.5 Å². The van der Waals surface area contributed by atoms with Crippen molar-refractivity contribution in [3.05, 3.63) is 41.1 Å². The standard InChI is InChI=1S/C20H24N2O4/c1-12-9-22(10-13(2)26-12)18(23)11-25-20(24)19-14(3)16-7-5-6-8-17(16)21-15(19)4/h5-8,12-13H,9-11H2,1-4H3/t12-,13-/m1/s1. The number of hydrogen-bond acceptors (Lipinski definition) is 5. The van der Waals surface area contributed by atoms with Crippen LogP contribution in [0.2, 0.25) is 0 Å². The predicted octanol–water partition coefficient (Wildman–Crippen LogP) is 2.64. The third-order valence-electron chi connectivity index (χ3n) is 4.64. The number of ether oxygens (including phenoxy) is 2. The fourth-order valence-corrected chi connectivity index (χ4v) is 3.50. The number of amides is 1. The largest absolute Gasteiger partial charge is 0.452 e. The third kappa shape index (κ3) is 3.70. The summed E-state index contributed by atoms with van der Waals surface area (Å²) in [5.74, 6) is -0.717. The number of carbonyl (C=O) groups is 2. The van der Waals surface area contributed by atoms with Gasteiger partial charge in [-0.15, -0.1) is 0 Å². The van der Waals surface area contributed by atoms with Gasteiger partial charge in [0.1, 0.15) is 0 Å². The first-order valence-electron chi connectivity index (χ1n) is 8.83. The zero-order valence-corrected chi connectivity index (χ0v) is 15.6. The summed E-state index contributed by atoms with van der Waals surface area (Å²) in [5, 5.41) is 0.909. The molecular formula is C20H24N2O4. The second kappa shape index (κ2) is 7.41. The van der Waals surface area contributed by atoms with Crippen molar-refractivity contribution in [2.45, 2.75) is 39.9 Å². The van der Waals surface area contributed by atoms with Crippen molar-refractivity contribution in [3.63, 3.8) is 0 Å². The number of esters is 1. The molecule has 0 N–H and O–H groups in total. The number of hydrogen-bond donors (Lipinski definition) is 0. The molecule has 1 aliphatic rings. The van der Waals surface area contributed by atoms with Crippen LogP contribution in [0.25, 0.3) is 10.9 Å². The maximum atomic E-state index is 12.6. The smallest absolute Gasteiger partial charge is 0.340 e. The molecule has 3 rings (SSSR count). The second-order valence-electron chi connectivity index (χ2n) is 6.85. The molecule has 138 valence electrons. The quantitative estimate of drug-likeness (QED) is 0.791. The van der Waals surface area contributed by atoms with E-state index in [1.165, 1.54) is 0 Å². The second-order valence-corrected chi connectivity index (χ2v) is 6.85. The van der Waals surface area contributed by atoms with Crippen molar-refractivity contribution in [2.24, 2.45) is 0 Å². The van der Waals surface area contributed by atoms with E-state index in [-0.39, 0.29) is 24.7 Å². The van der Waals surface area contributed by atoms with Crippen LogP contribution in [-0.4, -0.2) is 53.7 Å². The molecule has 6 heteroatoms. The molecule has 1 saturated heterocycles. The number of nitrogens with zero attached hydrogens (tertiary/aromatic N) is 2. The summed E-state index contributed by atoms with van der Waals surface area (Å²) < 4.78 is 10.9. The molecule has 2 aromatic rings. The average Bonchev–Trinajstić information content (AvgIpc) is 2.58. The van der Waals surface area contributed by atoms with E-state index in [4.69, 9.17) is 9.47 Å². The first-order chi connectivity index (χ1) is 12.4. The number of morpholine rings is 1. The highest BCUT2D eigenvalue weighted by Crippen LogP contribution is 2.23. The van der Waals surface area contributed by atoms with Gasteiger partial charge < -0.3 is 14.4 Å². The van der Waals surface area contributed by atoms with Crippen molar-refractivity contribution in [2.75, 3.05) is 19.7 Å². The summed E-state index contributed by atoms with van der Waals surface area (Å²) in [6, 6.07) is 7.66. The Morgan fingerprint density at radius 3 is 2.54 bits per heavy atom. The molecule has 0 spiro atoms. The minimum absolute atomic E-state index is 0.0208. The van der Waals surface area contributed by atoms with Crippen molar-refractivity contribution < 1.29 is 19.1 Å². The lowest BCUT2D eigenvalue weighted by Crippen LogP contribution is -2.49. The van der Waals surface area contributed by atoms with Crippen LogP contribution in [0.1, 0.15) is 35.5 Å². The van der Waals surface area contributed by atoms with Crippen molar-refractivity contribution in [1.29, 1.82) is 0 Å². The predicted molar refractivity (Wildman–Crippen MR) is 98.1 cm³/mol. The Hall–Kier alpha value is -2.47. The molecule has 6 nitrogen and oxygen atoms in total. The van der Waals surface area contributed by atoms with Crippen LogP contribution in [0.5, 0.6) is 0 Å². The third-order valence-corrected chi connectivity index (χ3v) is 4.64. The summed E-state index contributed by atoms with van der Waals surface area (Å²) in [4.78, 5) is 31.1. The number of aromatic nitrogens is 1. The van der Waals surface area contributed by atoms with Gasteiger partial charge in [-0.3, -0.25) is 9.78 Å². The summed E-state index contributed by atoms with van der Waals surface area (Å²) in [7, 11) is 0. The number of fused-ring (bicyclic) bond motifs is 1. The fraction of sp³-hybridized carbons (Fsp3) is 0.450. The van der Waals surface area contributed by atoms with Crippen molar-refractivity contribution in [1.82, 2.24) is 9.88 Å². The Bertz CT molecular complexity index is 839. The number of carbonyl (C=O) groups excluding carboxylic acids is 2. The molecule has 2 atom stereocenters. The van der Waals surface area contributed by atoms with E-state index in [9.17, 15) is 9.59 Å². The van der Waals surface area contributed by atoms with E-state index in [0.29, 0.717) is 24.3 Å². The lowest BCUT2D eigenvalue weighted by molar-refractivity contribution is -0.146. The molecule has 0 bridgehead atoms. The van der Waals surface area contributed by atoms with Gasteiger partial charge in [-0.2, -0.15) is 0 Å². The van der Waals surface area contributed by atoms with Gasteiger partial charge in [0.15, 0.2) is 6.61 Å². The molecule has 1 aromatic carbocycles. The molecule has 0 radical (unpaired) electrons. The molecule has 0 aliphatic carbocycles. The van der Waals surface area contributed by atoms with Crippen LogP contribution in [0.4, 0.5) is 0 Å². The van der Waals surface area contributed by atoms with Gasteiger partial charge >= 0.3 is 5.97 Å². The number of pyridine rings is 1. The van der Waals surface area contributed by atoms with Crippen LogP contribution in [0.3, 0.4) is 0 Å². The lowest BCUT2D eigenvalue weighted by atomic mass is 10.0. The molecular weight excluding hydrogens is 332 g/mol. The Kier molecular flexibility index (Phi) is 5.23. The zero-order chi connectivity index (χ0) is 18.8.